The molecule has 1 amide bonds. The van der Waals surface area contributed by atoms with E-state index in [1.807, 2.05) is 4.90 Å². The zero-order valence-corrected chi connectivity index (χ0v) is 12.9. The summed E-state index contributed by atoms with van der Waals surface area (Å²) in [7, 11) is 0. The number of hydrogen-bond donors (Lipinski definition) is 1. The number of carbonyl (C=O) groups is 1. The molecule has 120 valence electrons. The topological polar surface area (TPSA) is 50.8 Å². The highest BCUT2D eigenvalue weighted by atomic mass is 16.6. The summed E-state index contributed by atoms with van der Waals surface area (Å²) in [4.78, 5) is 14.2. The van der Waals surface area contributed by atoms with E-state index in [9.17, 15) is 4.79 Å². The molecular formula is C16H28N2O3. The molecule has 3 saturated heterocycles. The fourth-order valence-corrected chi connectivity index (χ4v) is 3.75. The normalized spacial score (nSPS) is 33.5. The predicted octanol–water partition coefficient (Wildman–Crippen LogP) is 1.32. The molecule has 3 fully saturated rings. The van der Waals surface area contributed by atoms with E-state index >= 15 is 0 Å². The van der Waals surface area contributed by atoms with Crippen LogP contribution >= 0.6 is 0 Å². The minimum atomic E-state index is -0.0488. The van der Waals surface area contributed by atoms with Crippen molar-refractivity contribution in [2.75, 3.05) is 39.5 Å². The van der Waals surface area contributed by atoms with Crippen LogP contribution in [0.15, 0.2) is 0 Å². The minimum Gasteiger partial charge on any atom is -0.378 e. The Bertz CT molecular complexity index is 349. The zero-order valence-electron chi connectivity index (χ0n) is 12.9. The lowest BCUT2D eigenvalue weighted by atomic mass is 9.89. The summed E-state index contributed by atoms with van der Waals surface area (Å²) in [5, 5.41) is 3.56. The Morgan fingerprint density at radius 1 is 1.24 bits per heavy atom. The Labute approximate surface area is 127 Å². The summed E-state index contributed by atoms with van der Waals surface area (Å²) in [6, 6.07) is 0.467. The Morgan fingerprint density at radius 3 is 2.86 bits per heavy atom. The van der Waals surface area contributed by atoms with Gasteiger partial charge in [0.25, 0.3) is 0 Å². The quantitative estimate of drug-likeness (QED) is 0.850. The molecule has 1 N–H and O–H groups in total. The molecule has 0 saturated carbocycles. The first kappa shape index (κ1) is 15.3. The predicted molar refractivity (Wildman–Crippen MR) is 80.2 cm³/mol. The van der Waals surface area contributed by atoms with Crippen molar-refractivity contribution in [2.45, 2.75) is 56.6 Å². The first-order valence-electron chi connectivity index (χ1n) is 8.50. The summed E-state index contributed by atoms with van der Waals surface area (Å²) in [5.41, 5.74) is -0.0488. The fourth-order valence-electron chi connectivity index (χ4n) is 3.75. The van der Waals surface area contributed by atoms with Crippen molar-refractivity contribution >= 4 is 5.91 Å². The number of ether oxygens (including phenoxy) is 2. The van der Waals surface area contributed by atoms with Crippen LogP contribution in [-0.2, 0) is 14.3 Å². The van der Waals surface area contributed by atoms with Gasteiger partial charge in [-0.1, -0.05) is 0 Å². The molecule has 5 heteroatoms. The van der Waals surface area contributed by atoms with Gasteiger partial charge in [-0.2, -0.15) is 0 Å². The number of amides is 1. The number of rotatable bonds is 4. The number of piperidine rings is 1. The average Bonchev–Trinajstić information content (AvgIpc) is 2.96. The molecule has 0 aliphatic carbocycles. The van der Waals surface area contributed by atoms with Gasteiger partial charge in [-0.15, -0.1) is 0 Å². The average molecular weight is 296 g/mol. The van der Waals surface area contributed by atoms with Gasteiger partial charge in [-0.25, -0.2) is 0 Å². The van der Waals surface area contributed by atoms with E-state index in [-0.39, 0.29) is 5.60 Å². The van der Waals surface area contributed by atoms with Crippen LogP contribution in [0.3, 0.4) is 0 Å². The Balaban J connectivity index is 1.37. The lowest BCUT2D eigenvalue weighted by Crippen LogP contribution is -2.48. The van der Waals surface area contributed by atoms with Crippen LogP contribution in [0.2, 0.25) is 0 Å². The number of hydrogen-bond acceptors (Lipinski definition) is 4. The largest absolute Gasteiger partial charge is 0.378 e. The smallest absolute Gasteiger partial charge is 0.223 e. The van der Waals surface area contributed by atoms with E-state index in [2.05, 4.69) is 5.32 Å². The van der Waals surface area contributed by atoms with Gasteiger partial charge in [0.05, 0.1) is 12.2 Å². The number of carbonyl (C=O) groups excluding carboxylic acids is 1. The molecular weight excluding hydrogens is 268 g/mol. The maximum Gasteiger partial charge on any atom is 0.223 e. The van der Waals surface area contributed by atoms with E-state index in [4.69, 9.17) is 9.47 Å². The van der Waals surface area contributed by atoms with Gasteiger partial charge >= 0.3 is 0 Å². The highest BCUT2D eigenvalue weighted by molar-refractivity contribution is 5.76. The number of nitrogens with one attached hydrogen (secondary N) is 1. The first-order chi connectivity index (χ1) is 10.3. The maximum atomic E-state index is 12.1. The number of nitrogens with zero attached hydrogens (tertiary/aromatic N) is 1. The van der Waals surface area contributed by atoms with E-state index in [0.717, 1.165) is 58.7 Å². The molecule has 3 heterocycles. The van der Waals surface area contributed by atoms with Gasteiger partial charge in [-0.05, 0) is 32.1 Å². The Kier molecular flexibility index (Phi) is 5.14. The first-order valence-corrected chi connectivity index (χ1v) is 8.50. The maximum absolute atomic E-state index is 12.1. The summed E-state index contributed by atoms with van der Waals surface area (Å²) in [6.07, 6.45) is 7.31. The molecule has 0 aromatic rings. The third kappa shape index (κ3) is 3.96. The second kappa shape index (κ2) is 7.07. The Hall–Kier alpha value is -0.650. The van der Waals surface area contributed by atoms with Crippen LogP contribution in [0, 0.1) is 0 Å². The molecule has 2 unspecified atom stereocenters. The van der Waals surface area contributed by atoms with E-state index in [1.165, 1.54) is 19.3 Å². The lowest BCUT2D eigenvalue weighted by Gasteiger charge is -2.37. The van der Waals surface area contributed by atoms with Crippen molar-refractivity contribution in [3.63, 3.8) is 0 Å². The summed E-state index contributed by atoms with van der Waals surface area (Å²) < 4.78 is 11.4. The Morgan fingerprint density at radius 2 is 2.10 bits per heavy atom. The molecule has 3 aliphatic rings. The van der Waals surface area contributed by atoms with Crippen molar-refractivity contribution in [2.24, 2.45) is 0 Å². The molecule has 3 aliphatic heterocycles. The van der Waals surface area contributed by atoms with Gasteiger partial charge in [0.2, 0.25) is 5.91 Å². The van der Waals surface area contributed by atoms with E-state index in [1.54, 1.807) is 0 Å². The van der Waals surface area contributed by atoms with Gasteiger partial charge in [-0.3, -0.25) is 4.79 Å². The van der Waals surface area contributed by atoms with Gasteiger partial charge < -0.3 is 19.7 Å². The van der Waals surface area contributed by atoms with Crippen LogP contribution in [0.4, 0.5) is 0 Å². The third-order valence-corrected chi connectivity index (χ3v) is 5.04. The van der Waals surface area contributed by atoms with Crippen LogP contribution in [0.25, 0.3) is 0 Å². The molecule has 0 aromatic carbocycles. The van der Waals surface area contributed by atoms with Crippen molar-refractivity contribution in [1.82, 2.24) is 10.2 Å². The molecule has 5 nitrogen and oxygen atoms in total. The van der Waals surface area contributed by atoms with Crippen molar-refractivity contribution in [3.8, 4) is 0 Å². The summed E-state index contributed by atoms with van der Waals surface area (Å²) in [5.74, 6) is 0.313. The lowest BCUT2D eigenvalue weighted by molar-refractivity contribution is -0.132. The fraction of sp³-hybridized carbons (Fsp3) is 0.938. The van der Waals surface area contributed by atoms with Crippen molar-refractivity contribution < 1.29 is 14.3 Å². The van der Waals surface area contributed by atoms with Gasteiger partial charge in [0, 0.05) is 51.7 Å². The third-order valence-electron chi connectivity index (χ3n) is 5.04. The van der Waals surface area contributed by atoms with E-state index < -0.39 is 0 Å². The molecule has 0 aromatic heterocycles. The van der Waals surface area contributed by atoms with Crippen molar-refractivity contribution in [1.29, 1.82) is 0 Å². The highest BCUT2D eigenvalue weighted by Gasteiger charge is 2.40. The van der Waals surface area contributed by atoms with E-state index in [0.29, 0.717) is 18.4 Å². The molecule has 21 heavy (non-hydrogen) atoms. The summed E-state index contributed by atoms with van der Waals surface area (Å²) >= 11 is 0. The molecule has 3 rings (SSSR count). The van der Waals surface area contributed by atoms with Gasteiger partial charge in [0.1, 0.15) is 0 Å². The molecule has 0 bridgehead atoms. The SMILES string of the molecule is O=C(CCNC1CCOC2(CCOC2)C1)N1CCCCC1. The molecule has 2 atom stereocenters. The second-order valence-corrected chi connectivity index (χ2v) is 6.67. The molecule has 1 spiro atoms. The van der Waals surface area contributed by atoms with Gasteiger partial charge in [0.15, 0.2) is 0 Å². The number of likely N-dealkylation sites (tertiary alicyclic amines) is 1. The molecule has 0 radical (unpaired) electrons. The van der Waals surface area contributed by atoms with Crippen LogP contribution in [0.5, 0.6) is 0 Å². The zero-order chi connectivity index (χ0) is 14.5. The summed E-state index contributed by atoms with van der Waals surface area (Å²) in [6.45, 7) is 5.06. The standard InChI is InChI=1S/C16H28N2O3/c19-15(18-8-2-1-3-9-18)4-7-17-14-5-10-21-16(12-14)6-11-20-13-16/h14,17H,1-13H2. The highest BCUT2D eigenvalue weighted by Crippen LogP contribution is 2.32. The minimum absolute atomic E-state index is 0.0488. The van der Waals surface area contributed by atoms with Crippen LogP contribution in [0.1, 0.15) is 44.9 Å². The van der Waals surface area contributed by atoms with Crippen LogP contribution in [-0.4, -0.2) is 61.9 Å². The van der Waals surface area contributed by atoms with Crippen molar-refractivity contribution in [3.05, 3.63) is 0 Å². The monoisotopic (exact) mass is 296 g/mol. The van der Waals surface area contributed by atoms with Crippen LogP contribution < -0.4 is 5.32 Å². The second-order valence-electron chi connectivity index (χ2n) is 6.67.